The molecule has 5 aromatic carbocycles. The third-order valence-electron chi connectivity index (χ3n) is 8.45. The Morgan fingerprint density at radius 2 is 1.31 bits per heavy atom. The Morgan fingerprint density at radius 3 is 1.96 bits per heavy atom. The number of aliphatic carboxylic acids is 2. The molecule has 0 saturated carbocycles. The van der Waals surface area contributed by atoms with Gasteiger partial charge in [-0.15, -0.1) is 0 Å². The first-order valence-electron chi connectivity index (χ1n) is 15.2. The monoisotopic (exact) mass is 599 g/mol. The molecule has 0 aliphatic heterocycles. The number of carbonyl (C=O) groups excluding carboxylic acids is 1. The predicted molar refractivity (Wildman–Crippen MR) is 179 cm³/mol. The maximum atomic E-state index is 14.0. The van der Waals surface area contributed by atoms with Crippen LogP contribution in [0.25, 0.3) is 27.6 Å². The van der Waals surface area contributed by atoms with Crippen molar-refractivity contribution in [2.24, 2.45) is 5.92 Å². The zero-order valence-electron chi connectivity index (χ0n) is 25.3. The Morgan fingerprint density at radius 1 is 0.711 bits per heavy atom. The summed E-state index contributed by atoms with van der Waals surface area (Å²) in [5.41, 5.74) is 3.05. The minimum absolute atomic E-state index is 0.102. The molecule has 0 spiro atoms. The van der Waals surface area contributed by atoms with Gasteiger partial charge in [-0.05, 0) is 63.7 Å². The summed E-state index contributed by atoms with van der Waals surface area (Å²) >= 11 is 0. The van der Waals surface area contributed by atoms with E-state index in [1.165, 1.54) is 5.39 Å². The van der Waals surface area contributed by atoms with Crippen LogP contribution in [-0.2, 0) is 20.9 Å². The fourth-order valence-electron chi connectivity index (χ4n) is 5.97. The van der Waals surface area contributed by atoms with Crippen LogP contribution in [0, 0.1) is 5.92 Å². The molecule has 5 rings (SSSR count). The van der Waals surface area contributed by atoms with Crippen LogP contribution < -0.4 is 0 Å². The predicted octanol–water partition coefficient (Wildman–Crippen LogP) is 8.16. The smallest absolute Gasteiger partial charge is 0.307 e. The molecule has 0 aliphatic rings. The van der Waals surface area contributed by atoms with Gasteiger partial charge in [0.05, 0.1) is 12.3 Å². The summed E-state index contributed by atoms with van der Waals surface area (Å²) < 4.78 is 0. The molecule has 0 radical (unpaired) electrons. The average molecular weight is 600 g/mol. The summed E-state index contributed by atoms with van der Waals surface area (Å²) in [5.74, 6) is -4.34. The highest BCUT2D eigenvalue weighted by Crippen LogP contribution is 2.31. The van der Waals surface area contributed by atoms with Gasteiger partial charge in [0.1, 0.15) is 0 Å². The number of nitrogens with zero attached hydrogens (tertiary/aromatic N) is 1. The fraction of sp³-hybridized carbons (Fsp3) is 0.205. The normalized spacial score (nSPS) is 13.4. The highest BCUT2D eigenvalue weighted by atomic mass is 16.4. The molecule has 228 valence electrons. The van der Waals surface area contributed by atoms with Crippen molar-refractivity contribution in [2.45, 2.75) is 44.7 Å². The molecule has 0 aliphatic carbocycles. The van der Waals surface area contributed by atoms with Crippen molar-refractivity contribution >= 4 is 45.5 Å². The lowest BCUT2D eigenvalue weighted by Crippen LogP contribution is -2.43. The molecule has 45 heavy (non-hydrogen) atoms. The van der Waals surface area contributed by atoms with Crippen molar-refractivity contribution in [1.82, 2.24) is 4.90 Å². The molecular formula is C39H37NO5. The van der Waals surface area contributed by atoms with Gasteiger partial charge in [0.2, 0.25) is 5.91 Å². The molecule has 3 atom stereocenters. The van der Waals surface area contributed by atoms with E-state index >= 15 is 0 Å². The van der Waals surface area contributed by atoms with E-state index in [1.54, 1.807) is 4.90 Å². The van der Waals surface area contributed by atoms with E-state index in [2.05, 4.69) is 42.5 Å². The van der Waals surface area contributed by atoms with Gasteiger partial charge in [-0.2, -0.15) is 0 Å². The van der Waals surface area contributed by atoms with Crippen LogP contribution in [-0.4, -0.2) is 39.0 Å². The van der Waals surface area contributed by atoms with Crippen LogP contribution >= 0.6 is 0 Å². The highest BCUT2D eigenvalue weighted by Gasteiger charge is 2.32. The topological polar surface area (TPSA) is 94.9 Å². The lowest BCUT2D eigenvalue weighted by molar-refractivity contribution is -0.151. The van der Waals surface area contributed by atoms with Gasteiger partial charge in [-0.25, -0.2) is 0 Å². The number of hydrogen-bond acceptors (Lipinski definition) is 3. The van der Waals surface area contributed by atoms with E-state index in [4.69, 9.17) is 0 Å². The van der Waals surface area contributed by atoms with Crippen LogP contribution in [0.15, 0.2) is 121 Å². The third kappa shape index (κ3) is 8.03. The van der Waals surface area contributed by atoms with Crippen LogP contribution in [0.5, 0.6) is 0 Å². The highest BCUT2D eigenvalue weighted by molar-refractivity contribution is 5.86. The van der Waals surface area contributed by atoms with Crippen LogP contribution in [0.3, 0.4) is 0 Å². The minimum Gasteiger partial charge on any atom is -0.481 e. The number of carboxylic acid groups (broad SMARTS) is 2. The minimum atomic E-state index is -1.32. The van der Waals surface area contributed by atoms with Crippen molar-refractivity contribution in [3.63, 3.8) is 0 Å². The zero-order chi connectivity index (χ0) is 31.8. The van der Waals surface area contributed by atoms with Crippen LogP contribution in [0.4, 0.5) is 0 Å². The quantitative estimate of drug-likeness (QED) is 0.142. The van der Waals surface area contributed by atoms with Crippen LogP contribution in [0.2, 0.25) is 0 Å². The van der Waals surface area contributed by atoms with Crippen molar-refractivity contribution in [3.05, 3.63) is 138 Å². The largest absolute Gasteiger partial charge is 0.481 e. The maximum Gasteiger partial charge on any atom is 0.307 e. The van der Waals surface area contributed by atoms with Gasteiger partial charge >= 0.3 is 11.9 Å². The Labute approximate surface area is 263 Å². The van der Waals surface area contributed by atoms with E-state index in [1.807, 2.05) is 91.9 Å². The number of carboxylic acids is 2. The van der Waals surface area contributed by atoms with Crippen molar-refractivity contribution < 1.29 is 24.6 Å². The standard InChI is InChI=1S/C39H37NO5/c1-27(36(32-13-3-2-4-14-32)17-9-10-28-18-20-30-11-5-7-15-33(30)22-28)40(37(41)24-35(39(44)45)25-38(42)43)26-29-19-21-31-12-6-8-16-34(31)23-29/h2-16,18-23,27,35-36H,17,24-26H2,1H3,(H,42,43)(H,44,45). The second-order valence-corrected chi connectivity index (χ2v) is 11.5. The van der Waals surface area contributed by atoms with Crippen molar-refractivity contribution in [1.29, 1.82) is 0 Å². The van der Waals surface area contributed by atoms with E-state index in [0.29, 0.717) is 6.42 Å². The number of rotatable bonds is 13. The number of amides is 1. The molecule has 6 heteroatoms. The first-order chi connectivity index (χ1) is 21.8. The summed E-state index contributed by atoms with van der Waals surface area (Å²) in [6.45, 7) is 2.26. The van der Waals surface area contributed by atoms with E-state index in [-0.39, 0.29) is 24.4 Å². The summed E-state index contributed by atoms with van der Waals surface area (Å²) in [6.07, 6.45) is 3.85. The van der Waals surface area contributed by atoms with Crippen molar-refractivity contribution in [2.75, 3.05) is 0 Å². The Balaban J connectivity index is 1.47. The van der Waals surface area contributed by atoms with Crippen molar-refractivity contribution in [3.8, 4) is 0 Å². The lowest BCUT2D eigenvalue weighted by atomic mass is 9.87. The maximum absolute atomic E-state index is 14.0. The molecular weight excluding hydrogens is 562 g/mol. The number of allylic oxidation sites excluding steroid dienone is 1. The molecule has 0 bridgehead atoms. The zero-order valence-corrected chi connectivity index (χ0v) is 25.3. The number of hydrogen-bond donors (Lipinski definition) is 2. The number of fused-ring (bicyclic) bond motifs is 2. The van der Waals surface area contributed by atoms with Gasteiger partial charge in [0.15, 0.2) is 0 Å². The SMILES string of the molecule is CC(C(CC=Cc1ccc2ccccc2c1)c1ccccc1)N(Cc1ccc2ccccc2c1)C(=O)CC(CC(=O)O)C(=O)O. The molecule has 0 fully saturated rings. The summed E-state index contributed by atoms with van der Waals surface area (Å²) in [5, 5.41) is 23.5. The van der Waals surface area contributed by atoms with E-state index in [9.17, 15) is 24.6 Å². The second kappa shape index (κ2) is 14.5. The van der Waals surface area contributed by atoms with Gasteiger partial charge in [0.25, 0.3) is 0 Å². The van der Waals surface area contributed by atoms with E-state index < -0.39 is 30.7 Å². The Hall–Kier alpha value is -5.23. The summed E-state index contributed by atoms with van der Waals surface area (Å²) in [7, 11) is 0. The Kier molecular flexibility index (Phi) is 10.1. The summed E-state index contributed by atoms with van der Waals surface area (Å²) in [4.78, 5) is 39.0. The molecule has 5 aromatic rings. The molecule has 0 heterocycles. The fourth-order valence-corrected chi connectivity index (χ4v) is 5.97. The molecule has 0 saturated heterocycles. The molecule has 3 unspecified atom stereocenters. The Bertz CT molecular complexity index is 1830. The lowest BCUT2D eigenvalue weighted by Gasteiger charge is -2.36. The number of carbonyl (C=O) groups is 3. The van der Waals surface area contributed by atoms with Gasteiger partial charge in [-0.3, -0.25) is 14.4 Å². The van der Waals surface area contributed by atoms with Gasteiger partial charge in [-0.1, -0.05) is 115 Å². The molecule has 0 aromatic heterocycles. The van der Waals surface area contributed by atoms with E-state index in [0.717, 1.165) is 32.8 Å². The third-order valence-corrected chi connectivity index (χ3v) is 8.45. The molecule has 6 nitrogen and oxygen atoms in total. The first kappa shape index (κ1) is 31.2. The van der Waals surface area contributed by atoms with Crippen LogP contribution in [0.1, 0.15) is 48.8 Å². The van der Waals surface area contributed by atoms with Gasteiger partial charge in [0, 0.05) is 24.9 Å². The van der Waals surface area contributed by atoms with Gasteiger partial charge < -0.3 is 15.1 Å². The average Bonchev–Trinajstić information content (AvgIpc) is 3.05. The summed E-state index contributed by atoms with van der Waals surface area (Å²) in [6, 6.07) is 38.3. The second-order valence-electron chi connectivity index (χ2n) is 11.5. The molecule has 2 N–H and O–H groups in total. The number of benzene rings is 5. The molecule has 1 amide bonds. The first-order valence-corrected chi connectivity index (χ1v) is 15.2.